The number of carbonyl (C=O) groups excluding carboxylic acids is 1. The summed E-state index contributed by atoms with van der Waals surface area (Å²) in [4.78, 5) is 13.2. The fourth-order valence-corrected chi connectivity index (χ4v) is 3.03. The van der Waals surface area contributed by atoms with Gasteiger partial charge in [-0.2, -0.15) is 0 Å². The lowest BCUT2D eigenvalue weighted by atomic mass is 9.65. The van der Waals surface area contributed by atoms with Gasteiger partial charge in [0.05, 0.1) is 5.41 Å². The number of rotatable bonds is 4. The number of esters is 1. The zero-order valence-electron chi connectivity index (χ0n) is 19.0. The van der Waals surface area contributed by atoms with Gasteiger partial charge in [0.1, 0.15) is 5.75 Å². The van der Waals surface area contributed by atoms with E-state index in [2.05, 4.69) is 75.3 Å². The van der Waals surface area contributed by atoms with Crippen molar-refractivity contribution in [3.05, 3.63) is 29.3 Å². The molecule has 0 bridgehead atoms. The van der Waals surface area contributed by atoms with Crippen molar-refractivity contribution in [2.75, 3.05) is 0 Å². The van der Waals surface area contributed by atoms with Gasteiger partial charge in [-0.05, 0) is 52.8 Å². The van der Waals surface area contributed by atoms with Gasteiger partial charge in [0.25, 0.3) is 0 Å². The average molecular weight is 361 g/mol. The Balaban J connectivity index is 3.37. The van der Waals surface area contributed by atoms with E-state index in [1.807, 2.05) is 19.1 Å². The van der Waals surface area contributed by atoms with E-state index >= 15 is 0 Å². The Morgan fingerprint density at radius 2 is 1.23 bits per heavy atom. The first-order chi connectivity index (χ1) is 11.5. The van der Waals surface area contributed by atoms with Gasteiger partial charge in [-0.3, -0.25) is 4.79 Å². The molecule has 2 nitrogen and oxygen atoms in total. The van der Waals surface area contributed by atoms with E-state index < -0.39 is 5.41 Å². The van der Waals surface area contributed by atoms with Crippen molar-refractivity contribution >= 4 is 5.97 Å². The summed E-state index contributed by atoms with van der Waals surface area (Å²) in [6, 6.07) is 6.30. The van der Waals surface area contributed by atoms with E-state index in [9.17, 15) is 4.79 Å². The summed E-state index contributed by atoms with van der Waals surface area (Å²) in [6.07, 6.45) is 1.78. The SMILES string of the molecule is CCCC(C)(C(=O)Oc1cc(C(C)(C)C)cc(C(C)(C)C)c1)C(C)(C)C. The van der Waals surface area contributed by atoms with E-state index in [0.29, 0.717) is 5.75 Å². The quantitative estimate of drug-likeness (QED) is 0.425. The Hall–Kier alpha value is -1.31. The van der Waals surface area contributed by atoms with Gasteiger partial charge in [0.15, 0.2) is 0 Å². The second-order valence-electron chi connectivity index (χ2n) is 11.0. The summed E-state index contributed by atoms with van der Waals surface area (Å²) in [6.45, 7) is 23.7. The third-order valence-electron chi connectivity index (χ3n) is 5.70. The topological polar surface area (TPSA) is 26.3 Å². The van der Waals surface area contributed by atoms with E-state index in [1.165, 1.54) is 11.1 Å². The zero-order chi connectivity index (χ0) is 20.6. The Bertz CT molecular complexity index is 603. The summed E-state index contributed by atoms with van der Waals surface area (Å²) in [5, 5.41) is 0. The molecule has 0 aliphatic rings. The maximum absolute atomic E-state index is 13.2. The van der Waals surface area contributed by atoms with Gasteiger partial charge in [0, 0.05) is 0 Å². The molecule has 0 aliphatic carbocycles. The molecule has 2 heteroatoms. The number of ether oxygens (including phenoxy) is 1. The van der Waals surface area contributed by atoms with Crippen LogP contribution in [0.25, 0.3) is 0 Å². The molecule has 0 radical (unpaired) electrons. The molecule has 0 aromatic heterocycles. The van der Waals surface area contributed by atoms with Crippen LogP contribution in [-0.2, 0) is 15.6 Å². The largest absolute Gasteiger partial charge is 0.426 e. The molecule has 0 saturated carbocycles. The lowest BCUT2D eigenvalue weighted by Crippen LogP contribution is -2.43. The molecule has 0 fully saturated rings. The van der Waals surface area contributed by atoms with Gasteiger partial charge < -0.3 is 4.74 Å². The van der Waals surface area contributed by atoms with Gasteiger partial charge >= 0.3 is 5.97 Å². The number of carbonyl (C=O) groups is 1. The fraction of sp³-hybridized carbons (Fsp3) is 0.708. The number of hydrogen-bond donors (Lipinski definition) is 0. The zero-order valence-corrected chi connectivity index (χ0v) is 19.0. The van der Waals surface area contributed by atoms with Crippen molar-refractivity contribution in [2.24, 2.45) is 10.8 Å². The second kappa shape index (κ2) is 7.37. The summed E-state index contributed by atoms with van der Waals surface area (Å²) in [5.41, 5.74) is 1.72. The van der Waals surface area contributed by atoms with Gasteiger partial charge in [0.2, 0.25) is 0 Å². The Kier molecular flexibility index (Phi) is 6.44. The molecule has 1 aromatic rings. The van der Waals surface area contributed by atoms with E-state index in [-0.39, 0.29) is 22.2 Å². The molecule has 1 aromatic carbocycles. The van der Waals surface area contributed by atoms with Crippen molar-refractivity contribution < 1.29 is 9.53 Å². The van der Waals surface area contributed by atoms with Crippen LogP contribution in [-0.4, -0.2) is 5.97 Å². The van der Waals surface area contributed by atoms with Crippen LogP contribution in [0.4, 0.5) is 0 Å². The Morgan fingerprint density at radius 3 is 1.54 bits per heavy atom. The molecule has 0 heterocycles. The molecular weight excluding hydrogens is 320 g/mol. The van der Waals surface area contributed by atoms with Gasteiger partial charge in [-0.25, -0.2) is 0 Å². The fourth-order valence-electron chi connectivity index (χ4n) is 3.03. The molecule has 0 spiro atoms. The minimum absolute atomic E-state index is 0.000827. The average Bonchev–Trinajstić information content (AvgIpc) is 2.43. The lowest BCUT2D eigenvalue weighted by Gasteiger charge is -2.39. The van der Waals surface area contributed by atoms with Crippen molar-refractivity contribution in [2.45, 2.75) is 99.8 Å². The van der Waals surface area contributed by atoms with Crippen molar-refractivity contribution in [1.82, 2.24) is 0 Å². The second-order valence-corrected chi connectivity index (χ2v) is 11.0. The predicted octanol–water partition coefficient (Wildman–Crippen LogP) is 7.04. The summed E-state index contributed by atoms with van der Waals surface area (Å²) >= 11 is 0. The molecule has 148 valence electrons. The molecule has 0 amide bonds. The third-order valence-corrected chi connectivity index (χ3v) is 5.70. The summed E-state index contributed by atoms with van der Waals surface area (Å²) in [7, 11) is 0. The van der Waals surface area contributed by atoms with Gasteiger partial charge in [-0.15, -0.1) is 0 Å². The standard InChI is InChI=1S/C24H40O2/c1-12-13-24(11,23(8,9)10)20(25)26-19-15-17(21(2,3)4)14-18(16-19)22(5,6)7/h14-16H,12-13H2,1-11H3. The monoisotopic (exact) mass is 360 g/mol. The molecule has 0 saturated heterocycles. The normalized spacial score (nSPS) is 15.5. The highest BCUT2D eigenvalue weighted by Gasteiger charge is 2.45. The molecule has 26 heavy (non-hydrogen) atoms. The van der Waals surface area contributed by atoms with Gasteiger partial charge in [-0.1, -0.05) is 81.7 Å². The van der Waals surface area contributed by atoms with Crippen LogP contribution in [0.1, 0.15) is 100 Å². The molecule has 1 unspecified atom stereocenters. The summed E-state index contributed by atoms with van der Waals surface area (Å²) < 4.78 is 5.99. The van der Waals surface area contributed by atoms with Crippen molar-refractivity contribution in [3.63, 3.8) is 0 Å². The number of hydrogen-bond acceptors (Lipinski definition) is 2. The molecule has 1 atom stereocenters. The minimum Gasteiger partial charge on any atom is -0.426 e. The van der Waals surface area contributed by atoms with Crippen LogP contribution in [0.15, 0.2) is 18.2 Å². The van der Waals surface area contributed by atoms with Crippen LogP contribution in [0.2, 0.25) is 0 Å². The van der Waals surface area contributed by atoms with Crippen LogP contribution >= 0.6 is 0 Å². The van der Waals surface area contributed by atoms with Crippen molar-refractivity contribution in [3.8, 4) is 5.75 Å². The predicted molar refractivity (Wildman–Crippen MR) is 112 cm³/mol. The van der Waals surface area contributed by atoms with E-state index in [1.54, 1.807) is 0 Å². The highest BCUT2D eigenvalue weighted by atomic mass is 16.5. The first-order valence-electron chi connectivity index (χ1n) is 9.91. The van der Waals surface area contributed by atoms with Crippen molar-refractivity contribution in [1.29, 1.82) is 0 Å². The van der Waals surface area contributed by atoms with Crippen LogP contribution < -0.4 is 4.74 Å². The van der Waals surface area contributed by atoms with E-state index in [4.69, 9.17) is 4.74 Å². The third kappa shape index (κ3) is 5.11. The highest BCUT2D eigenvalue weighted by Crippen LogP contribution is 2.44. The highest BCUT2D eigenvalue weighted by molar-refractivity contribution is 5.79. The lowest BCUT2D eigenvalue weighted by molar-refractivity contribution is -0.152. The van der Waals surface area contributed by atoms with Crippen LogP contribution in [0.3, 0.4) is 0 Å². The Labute approximate surface area is 161 Å². The van der Waals surface area contributed by atoms with E-state index in [0.717, 1.165) is 12.8 Å². The maximum atomic E-state index is 13.2. The number of benzene rings is 1. The molecule has 0 aliphatic heterocycles. The minimum atomic E-state index is -0.513. The van der Waals surface area contributed by atoms with Crippen LogP contribution in [0.5, 0.6) is 5.75 Å². The first kappa shape index (κ1) is 22.7. The molecule has 0 N–H and O–H groups in total. The Morgan fingerprint density at radius 1 is 0.808 bits per heavy atom. The van der Waals surface area contributed by atoms with Crippen LogP contribution in [0, 0.1) is 10.8 Å². The maximum Gasteiger partial charge on any atom is 0.317 e. The molecular formula is C24H40O2. The summed E-state index contributed by atoms with van der Waals surface area (Å²) in [5.74, 6) is 0.539. The smallest absolute Gasteiger partial charge is 0.317 e. The molecule has 1 rings (SSSR count). The first-order valence-corrected chi connectivity index (χ1v) is 9.91.